The number of carbonyl (C=O) groups excluding carboxylic acids is 1. The molecule has 0 unspecified atom stereocenters. The van der Waals surface area contributed by atoms with Crippen molar-refractivity contribution in [3.05, 3.63) is 17.0 Å². The van der Waals surface area contributed by atoms with Crippen molar-refractivity contribution in [2.24, 2.45) is 5.92 Å². The van der Waals surface area contributed by atoms with Crippen molar-refractivity contribution in [2.45, 2.75) is 77.9 Å². The van der Waals surface area contributed by atoms with E-state index in [1.165, 1.54) is 12.8 Å². The highest BCUT2D eigenvalue weighted by Gasteiger charge is 2.36. The topological polar surface area (TPSA) is 58.6 Å². The normalized spacial score (nSPS) is 20.2. The van der Waals surface area contributed by atoms with E-state index in [1.807, 2.05) is 31.7 Å². The average molecular weight is 409 g/mol. The Hall–Kier alpha value is -1.56. The minimum absolute atomic E-state index is 0.132. The monoisotopic (exact) mass is 408 g/mol. The summed E-state index contributed by atoms with van der Waals surface area (Å²) in [6.45, 7) is 10.4. The summed E-state index contributed by atoms with van der Waals surface area (Å²) in [7, 11) is 0. The first-order chi connectivity index (χ1) is 13.2. The van der Waals surface area contributed by atoms with Gasteiger partial charge in [-0.15, -0.1) is 0 Å². The number of amides is 1. The lowest BCUT2D eigenvalue weighted by Gasteiger charge is -2.40. The van der Waals surface area contributed by atoms with Crippen molar-refractivity contribution >= 4 is 23.5 Å². The third-order valence-electron chi connectivity index (χ3n) is 5.19. The Morgan fingerprint density at radius 2 is 2.07 bits per heavy atom. The molecule has 1 amide bonds. The van der Waals surface area contributed by atoms with E-state index in [-0.39, 0.29) is 12.1 Å². The number of hydrogen-bond donors (Lipinski definition) is 0. The summed E-state index contributed by atoms with van der Waals surface area (Å²) in [5.74, 6) is 1.48. The molecular formula is C21H33ClN4O2. The molecule has 1 aromatic rings. The summed E-state index contributed by atoms with van der Waals surface area (Å²) in [4.78, 5) is 25.9. The van der Waals surface area contributed by atoms with Gasteiger partial charge in [-0.25, -0.2) is 14.8 Å². The molecule has 28 heavy (non-hydrogen) atoms. The van der Waals surface area contributed by atoms with Gasteiger partial charge in [0.25, 0.3) is 0 Å². The quantitative estimate of drug-likeness (QED) is 0.638. The van der Waals surface area contributed by atoms with Crippen LogP contribution in [0.4, 0.5) is 10.6 Å². The van der Waals surface area contributed by atoms with Gasteiger partial charge in [0.05, 0.1) is 6.04 Å². The Balaban J connectivity index is 1.75. The van der Waals surface area contributed by atoms with E-state index in [1.54, 1.807) is 0 Å². The van der Waals surface area contributed by atoms with Crippen LogP contribution in [-0.4, -0.2) is 52.2 Å². The molecule has 0 radical (unpaired) electrons. The van der Waals surface area contributed by atoms with Gasteiger partial charge in [-0.05, 0) is 70.4 Å². The number of piperidine rings is 1. The van der Waals surface area contributed by atoms with Gasteiger partial charge in [0, 0.05) is 31.4 Å². The Labute approximate surface area is 173 Å². The molecule has 1 atom stereocenters. The van der Waals surface area contributed by atoms with Crippen LogP contribution < -0.4 is 4.90 Å². The SMILES string of the molecule is CCCc1cc(N2CCC[C@@H](N(CC3CC3)C(=O)OC(C)(C)C)C2)nc(Cl)n1. The fraction of sp³-hybridized carbons (Fsp3) is 0.762. The number of anilines is 1. The predicted molar refractivity (Wildman–Crippen MR) is 112 cm³/mol. The second-order valence-electron chi connectivity index (χ2n) is 9.05. The van der Waals surface area contributed by atoms with Crippen molar-refractivity contribution in [1.82, 2.24) is 14.9 Å². The number of aromatic nitrogens is 2. The van der Waals surface area contributed by atoms with Crippen LogP contribution in [0.3, 0.4) is 0 Å². The van der Waals surface area contributed by atoms with Crippen molar-refractivity contribution in [3.63, 3.8) is 0 Å². The largest absolute Gasteiger partial charge is 0.444 e. The zero-order chi connectivity index (χ0) is 20.3. The molecule has 0 spiro atoms. The minimum Gasteiger partial charge on any atom is -0.444 e. The lowest BCUT2D eigenvalue weighted by atomic mass is 10.0. The average Bonchev–Trinajstić information content (AvgIpc) is 3.42. The highest BCUT2D eigenvalue weighted by atomic mass is 35.5. The van der Waals surface area contributed by atoms with Gasteiger partial charge in [-0.1, -0.05) is 13.3 Å². The van der Waals surface area contributed by atoms with Crippen LogP contribution >= 0.6 is 11.6 Å². The molecule has 7 heteroatoms. The third-order valence-corrected chi connectivity index (χ3v) is 5.35. The molecule has 2 fully saturated rings. The fourth-order valence-corrected chi connectivity index (χ4v) is 3.88. The van der Waals surface area contributed by atoms with Gasteiger partial charge in [0.15, 0.2) is 0 Å². The van der Waals surface area contributed by atoms with Gasteiger partial charge in [0.2, 0.25) is 5.28 Å². The second-order valence-corrected chi connectivity index (χ2v) is 9.39. The van der Waals surface area contributed by atoms with Crippen LogP contribution in [-0.2, 0) is 11.2 Å². The Morgan fingerprint density at radius 1 is 1.32 bits per heavy atom. The van der Waals surface area contributed by atoms with Crippen LogP contribution in [0.2, 0.25) is 5.28 Å². The smallest absolute Gasteiger partial charge is 0.410 e. The summed E-state index contributed by atoms with van der Waals surface area (Å²) in [6.07, 6.45) is 6.12. The molecule has 156 valence electrons. The maximum Gasteiger partial charge on any atom is 0.410 e. The van der Waals surface area contributed by atoms with Crippen LogP contribution in [0.1, 0.15) is 65.5 Å². The van der Waals surface area contributed by atoms with E-state index >= 15 is 0 Å². The molecule has 1 aromatic heterocycles. The summed E-state index contributed by atoms with van der Waals surface area (Å²) < 4.78 is 5.71. The number of carbonyl (C=O) groups is 1. The number of rotatable bonds is 6. The highest BCUT2D eigenvalue weighted by molar-refractivity contribution is 6.28. The first kappa shape index (κ1) is 21.2. The van der Waals surface area contributed by atoms with E-state index in [2.05, 4.69) is 21.8 Å². The fourth-order valence-electron chi connectivity index (χ4n) is 3.69. The van der Waals surface area contributed by atoms with E-state index in [9.17, 15) is 4.79 Å². The molecule has 2 aliphatic rings. The molecule has 1 aliphatic heterocycles. The van der Waals surface area contributed by atoms with Gasteiger partial charge >= 0.3 is 6.09 Å². The molecule has 1 saturated carbocycles. The number of nitrogens with zero attached hydrogens (tertiary/aromatic N) is 4. The van der Waals surface area contributed by atoms with Crippen LogP contribution in [0.25, 0.3) is 0 Å². The van der Waals surface area contributed by atoms with Gasteiger partial charge in [-0.3, -0.25) is 0 Å². The molecule has 0 N–H and O–H groups in total. The third kappa shape index (κ3) is 5.97. The summed E-state index contributed by atoms with van der Waals surface area (Å²) in [5.41, 5.74) is 0.490. The molecular weight excluding hydrogens is 376 g/mol. The Kier molecular flexibility index (Phi) is 6.69. The van der Waals surface area contributed by atoms with E-state index in [4.69, 9.17) is 16.3 Å². The van der Waals surface area contributed by atoms with Crippen molar-refractivity contribution < 1.29 is 9.53 Å². The van der Waals surface area contributed by atoms with Crippen molar-refractivity contribution in [2.75, 3.05) is 24.5 Å². The highest BCUT2D eigenvalue weighted by Crippen LogP contribution is 2.32. The summed E-state index contributed by atoms with van der Waals surface area (Å²) in [6, 6.07) is 2.17. The molecule has 1 aliphatic carbocycles. The van der Waals surface area contributed by atoms with Crippen molar-refractivity contribution in [1.29, 1.82) is 0 Å². The molecule has 1 saturated heterocycles. The lowest BCUT2D eigenvalue weighted by molar-refractivity contribution is 0.0134. The van der Waals surface area contributed by atoms with E-state index in [0.717, 1.165) is 56.8 Å². The van der Waals surface area contributed by atoms with E-state index in [0.29, 0.717) is 11.2 Å². The zero-order valence-electron chi connectivity index (χ0n) is 17.6. The molecule has 3 rings (SSSR count). The number of aryl methyl sites for hydroxylation is 1. The first-order valence-corrected chi connectivity index (χ1v) is 10.9. The maximum absolute atomic E-state index is 12.9. The minimum atomic E-state index is -0.484. The van der Waals surface area contributed by atoms with Gasteiger partial charge in [0.1, 0.15) is 11.4 Å². The Bertz CT molecular complexity index is 687. The maximum atomic E-state index is 12.9. The van der Waals surface area contributed by atoms with Crippen LogP contribution in [0.5, 0.6) is 0 Å². The second kappa shape index (κ2) is 8.85. The number of halogens is 1. The van der Waals surface area contributed by atoms with Crippen molar-refractivity contribution in [3.8, 4) is 0 Å². The molecule has 2 heterocycles. The summed E-state index contributed by atoms with van der Waals surface area (Å²) in [5, 5.41) is 0.296. The first-order valence-electron chi connectivity index (χ1n) is 10.5. The number of hydrogen-bond acceptors (Lipinski definition) is 5. The summed E-state index contributed by atoms with van der Waals surface area (Å²) >= 11 is 6.17. The molecule has 0 aromatic carbocycles. The predicted octanol–water partition coefficient (Wildman–Crippen LogP) is 4.70. The van der Waals surface area contributed by atoms with Crippen LogP contribution in [0.15, 0.2) is 6.07 Å². The van der Waals surface area contributed by atoms with Crippen LogP contribution in [0, 0.1) is 5.92 Å². The molecule has 6 nitrogen and oxygen atoms in total. The molecule has 0 bridgehead atoms. The zero-order valence-corrected chi connectivity index (χ0v) is 18.3. The van der Waals surface area contributed by atoms with Gasteiger partial charge in [-0.2, -0.15) is 0 Å². The van der Waals surface area contributed by atoms with Gasteiger partial charge < -0.3 is 14.5 Å². The number of ether oxygens (including phenoxy) is 1. The lowest BCUT2D eigenvalue weighted by Crippen LogP contribution is -2.52. The van der Waals surface area contributed by atoms with E-state index < -0.39 is 5.60 Å². The Morgan fingerprint density at radius 3 is 2.71 bits per heavy atom. The standard InChI is InChI=1S/C21H33ClN4O2/c1-5-7-16-12-18(24-19(22)23-16)25-11-6-8-17(14-25)26(13-15-9-10-15)20(27)28-21(2,3)4/h12,15,17H,5-11,13-14H2,1-4H3/t17-/m1/s1.